The van der Waals surface area contributed by atoms with Gasteiger partial charge in [0.15, 0.2) is 5.82 Å². The SMILES string of the molecule is [2H]C([2H])([2H])OC(=O)Nc1ccc(-c2cnc([C@H]3CC4(CC4)c4nc(-c5c(-n6cnnn6)ccc(Cl)c5F)cc(=O)n43)[nH]2)cc1. The number of ether oxygens (including phenoxy) is 1. The fraction of sp³-hybridized carbons (Fsp3) is 0.222. The lowest BCUT2D eigenvalue weighted by Crippen LogP contribution is -2.25. The molecule has 1 amide bonds. The first-order chi connectivity index (χ1) is 21.0. The first-order valence-corrected chi connectivity index (χ1v) is 12.9. The van der Waals surface area contributed by atoms with Crippen molar-refractivity contribution in [3.05, 3.63) is 87.8 Å². The number of methoxy groups -OCH3 is 1. The van der Waals surface area contributed by atoms with E-state index in [0.717, 1.165) is 18.4 Å². The summed E-state index contributed by atoms with van der Waals surface area (Å²) >= 11 is 6.13. The summed E-state index contributed by atoms with van der Waals surface area (Å²) in [6.45, 7) is 0. The zero-order valence-electron chi connectivity index (χ0n) is 24.0. The number of H-pyrrole nitrogens is 1. The minimum absolute atomic E-state index is 0.0226. The Kier molecular flexibility index (Phi) is 4.98. The molecule has 1 atom stereocenters. The fourth-order valence-corrected chi connectivity index (χ4v) is 5.58. The molecule has 41 heavy (non-hydrogen) atoms. The molecule has 0 saturated heterocycles. The van der Waals surface area contributed by atoms with Crippen LogP contribution in [0.1, 0.15) is 41.1 Å². The lowest BCUT2D eigenvalue weighted by atomic mass is 10.0. The van der Waals surface area contributed by atoms with Gasteiger partial charge < -0.3 is 9.72 Å². The van der Waals surface area contributed by atoms with Crippen molar-refractivity contribution >= 4 is 23.4 Å². The standard InChI is InChI=1S/C27H21ClFN9O3/c1-41-26(40)32-15-4-2-14(3-5-15)18-12-30-24(33-18)20-11-27(8-9-27)25-34-17(10-21(39)38(20)25)22-19(37-13-31-35-36-37)7-6-16(28)23(22)29/h2-7,10,12-13,20H,8-9,11H2,1H3,(H,30,33)(H,32,40)/t20-/m1/s1/i1D3. The number of hydrogen-bond acceptors (Lipinski definition) is 8. The molecule has 12 nitrogen and oxygen atoms in total. The van der Waals surface area contributed by atoms with Crippen molar-refractivity contribution in [1.29, 1.82) is 0 Å². The maximum atomic E-state index is 15.5. The first kappa shape index (κ1) is 21.9. The molecule has 206 valence electrons. The number of imidazole rings is 1. The van der Waals surface area contributed by atoms with Crippen LogP contribution in [-0.4, -0.2) is 52.9 Å². The first-order valence-electron chi connectivity index (χ1n) is 14.0. The number of benzene rings is 2. The van der Waals surface area contributed by atoms with E-state index in [-0.39, 0.29) is 27.3 Å². The molecule has 1 aliphatic carbocycles. The molecule has 7 rings (SSSR count). The van der Waals surface area contributed by atoms with E-state index in [0.29, 0.717) is 35.1 Å². The molecule has 1 saturated carbocycles. The molecular weight excluding hydrogens is 553 g/mol. The van der Waals surface area contributed by atoms with Gasteiger partial charge in [-0.05, 0) is 59.5 Å². The highest BCUT2D eigenvalue weighted by Crippen LogP contribution is 2.58. The smallest absolute Gasteiger partial charge is 0.411 e. The van der Waals surface area contributed by atoms with E-state index in [2.05, 4.69) is 35.5 Å². The number of fused-ring (bicyclic) bond motifs is 2. The number of aromatic amines is 1. The number of hydrogen-bond donors (Lipinski definition) is 2. The predicted molar refractivity (Wildman–Crippen MR) is 145 cm³/mol. The van der Waals surface area contributed by atoms with E-state index in [1.807, 2.05) is 0 Å². The van der Waals surface area contributed by atoms with Crippen LogP contribution < -0.4 is 10.9 Å². The normalized spacial score (nSPS) is 17.9. The highest BCUT2D eigenvalue weighted by molar-refractivity contribution is 6.31. The summed E-state index contributed by atoms with van der Waals surface area (Å²) in [4.78, 5) is 38.1. The van der Waals surface area contributed by atoms with Gasteiger partial charge in [0.25, 0.3) is 5.56 Å². The summed E-state index contributed by atoms with van der Waals surface area (Å²) in [5.41, 5.74) is 1.50. The molecule has 0 bridgehead atoms. The molecule has 3 aromatic heterocycles. The van der Waals surface area contributed by atoms with Crippen LogP contribution in [0.15, 0.2) is 59.8 Å². The van der Waals surface area contributed by atoms with Gasteiger partial charge in [-0.25, -0.2) is 19.2 Å². The molecule has 2 N–H and O–H groups in total. The lowest BCUT2D eigenvalue weighted by Gasteiger charge is -2.15. The Labute approximate surface area is 240 Å². The highest BCUT2D eigenvalue weighted by Gasteiger charge is 2.55. The van der Waals surface area contributed by atoms with Gasteiger partial charge in [-0.1, -0.05) is 23.7 Å². The Balaban J connectivity index is 1.20. The van der Waals surface area contributed by atoms with E-state index in [9.17, 15) is 9.59 Å². The highest BCUT2D eigenvalue weighted by atomic mass is 35.5. The molecule has 14 heteroatoms. The van der Waals surface area contributed by atoms with Crippen molar-refractivity contribution in [2.75, 3.05) is 12.4 Å². The summed E-state index contributed by atoms with van der Waals surface area (Å²) in [5, 5.41) is 13.4. The van der Waals surface area contributed by atoms with Crippen molar-refractivity contribution in [3.63, 3.8) is 0 Å². The minimum Gasteiger partial charge on any atom is -0.453 e. The fourth-order valence-electron chi connectivity index (χ4n) is 5.42. The van der Waals surface area contributed by atoms with Gasteiger partial charge in [-0.2, -0.15) is 4.68 Å². The van der Waals surface area contributed by atoms with Gasteiger partial charge >= 0.3 is 6.09 Å². The van der Waals surface area contributed by atoms with Crippen molar-refractivity contribution < 1.29 is 18.0 Å². The van der Waals surface area contributed by atoms with Crippen LogP contribution in [0.4, 0.5) is 14.9 Å². The quantitative estimate of drug-likeness (QED) is 0.315. The molecule has 1 aliphatic heterocycles. The summed E-state index contributed by atoms with van der Waals surface area (Å²) in [7, 11) is -2.85. The number of halogens is 2. The Morgan fingerprint density at radius 2 is 2.10 bits per heavy atom. The number of carbonyl (C=O) groups excluding carboxylic acids is 1. The predicted octanol–water partition coefficient (Wildman–Crippen LogP) is 4.27. The van der Waals surface area contributed by atoms with E-state index in [1.54, 1.807) is 41.1 Å². The number of rotatable bonds is 5. The van der Waals surface area contributed by atoms with Crippen molar-refractivity contribution in [2.45, 2.75) is 30.7 Å². The van der Waals surface area contributed by atoms with Gasteiger partial charge in [-0.15, -0.1) is 5.10 Å². The van der Waals surface area contributed by atoms with Crippen molar-refractivity contribution in [1.82, 2.24) is 39.7 Å². The second-order valence-corrected chi connectivity index (χ2v) is 10.4. The molecule has 0 unspecified atom stereocenters. The Bertz CT molecular complexity index is 1970. The van der Waals surface area contributed by atoms with Crippen LogP contribution in [0.25, 0.3) is 28.2 Å². The van der Waals surface area contributed by atoms with Gasteiger partial charge in [-0.3, -0.25) is 14.7 Å². The zero-order valence-corrected chi connectivity index (χ0v) is 21.8. The number of anilines is 1. The number of carbonyl (C=O) groups is 1. The summed E-state index contributed by atoms with van der Waals surface area (Å²) in [6, 6.07) is 10.4. The van der Waals surface area contributed by atoms with Crippen LogP contribution in [0, 0.1) is 5.82 Å². The summed E-state index contributed by atoms with van der Waals surface area (Å²) < 4.78 is 43.7. The van der Waals surface area contributed by atoms with Crippen LogP contribution in [0.2, 0.25) is 5.02 Å². The third-order valence-electron chi connectivity index (χ3n) is 7.55. The molecule has 5 aromatic rings. The van der Waals surface area contributed by atoms with Crippen molar-refractivity contribution in [3.8, 4) is 28.2 Å². The monoisotopic (exact) mass is 576 g/mol. The van der Waals surface area contributed by atoms with Crippen LogP contribution in [-0.2, 0) is 10.2 Å². The number of nitrogens with one attached hydrogen (secondary N) is 2. The van der Waals surface area contributed by atoms with Gasteiger partial charge in [0.2, 0.25) is 0 Å². The third kappa shape index (κ3) is 4.16. The molecule has 0 radical (unpaired) electrons. The lowest BCUT2D eigenvalue weighted by molar-refractivity contribution is 0.187. The van der Waals surface area contributed by atoms with Crippen LogP contribution >= 0.6 is 11.6 Å². The van der Waals surface area contributed by atoms with Crippen LogP contribution in [0.5, 0.6) is 0 Å². The number of tetrazole rings is 1. The third-order valence-corrected chi connectivity index (χ3v) is 7.84. The second-order valence-electron chi connectivity index (χ2n) is 9.96. The van der Waals surface area contributed by atoms with E-state index >= 15 is 4.39 Å². The number of aromatic nitrogens is 8. The van der Waals surface area contributed by atoms with E-state index < -0.39 is 25.0 Å². The van der Waals surface area contributed by atoms with Gasteiger partial charge in [0.1, 0.15) is 18.0 Å². The van der Waals surface area contributed by atoms with Crippen LogP contribution in [0.3, 0.4) is 0 Å². The Hall–Kier alpha value is -4.91. The molecule has 4 heterocycles. The zero-order chi connectivity index (χ0) is 30.8. The molecule has 1 spiro atoms. The second kappa shape index (κ2) is 9.34. The van der Waals surface area contributed by atoms with E-state index in [4.69, 9.17) is 20.7 Å². The Morgan fingerprint density at radius 1 is 1.27 bits per heavy atom. The van der Waals surface area contributed by atoms with E-state index in [1.165, 1.54) is 23.1 Å². The molecule has 2 aliphatic rings. The molecule has 1 fully saturated rings. The molecular formula is C27H21ClFN9O3. The average Bonchev–Trinajstić information content (AvgIpc) is 3.32. The van der Waals surface area contributed by atoms with Gasteiger partial charge in [0.05, 0.1) is 51.1 Å². The maximum absolute atomic E-state index is 15.5. The largest absolute Gasteiger partial charge is 0.453 e. The maximum Gasteiger partial charge on any atom is 0.411 e. The number of nitrogens with zero attached hydrogens (tertiary/aromatic N) is 7. The minimum atomic E-state index is -2.85. The number of amides is 1. The summed E-state index contributed by atoms with van der Waals surface area (Å²) in [6.07, 6.45) is 4.11. The topological polar surface area (TPSA) is 146 Å². The Morgan fingerprint density at radius 3 is 2.83 bits per heavy atom. The summed E-state index contributed by atoms with van der Waals surface area (Å²) in [5.74, 6) is 0.389. The van der Waals surface area contributed by atoms with Gasteiger partial charge in [0, 0.05) is 17.2 Å². The molecule has 2 aromatic carbocycles. The van der Waals surface area contributed by atoms with Crippen molar-refractivity contribution in [2.24, 2.45) is 0 Å². The average molecular weight is 577 g/mol.